The van der Waals surface area contributed by atoms with Crippen LogP contribution in [0.25, 0.3) is 11.0 Å². The van der Waals surface area contributed by atoms with Crippen LogP contribution < -0.4 is 10.9 Å². The molecule has 0 unspecified atom stereocenters. The Kier molecular flexibility index (Phi) is 6.72. The molecule has 0 atom stereocenters. The molecule has 1 amide bonds. The molecular weight excluding hydrogens is 398 g/mol. The lowest BCUT2D eigenvalue weighted by Crippen LogP contribution is -2.24. The lowest BCUT2D eigenvalue weighted by atomic mass is 10.1. The van der Waals surface area contributed by atoms with Crippen molar-refractivity contribution in [3.8, 4) is 0 Å². The molecule has 1 aromatic carbocycles. The van der Waals surface area contributed by atoms with Gasteiger partial charge in [0, 0.05) is 35.0 Å². The third-order valence-corrected chi connectivity index (χ3v) is 4.71. The van der Waals surface area contributed by atoms with Gasteiger partial charge in [0.2, 0.25) is 0 Å². The average molecular weight is 418 g/mol. The molecule has 0 saturated heterocycles. The first-order valence-electron chi connectivity index (χ1n) is 9.20. The Bertz CT molecular complexity index is 1070. The molecule has 1 N–H and O–H groups in total. The highest BCUT2D eigenvalue weighted by Crippen LogP contribution is 2.26. The molecule has 2 aromatic heterocycles. The van der Waals surface area contributed by atoms with Gasteiger partial charge in [0.25, 0.3) is 5.91 Å². The number of halogens is 1. The van der Waals surface area contributed by atoms with E-state index in [0.717, 1.165) is 5.56 Å². The van der Waals surface area contributed by atoms with Gasteiger partial charge in [0.15, 0.2) is 5.76 Å². The minimum absolute atomic E-state index is 0.0680. The highest BCUT2D eigenvalue weighted by Gasteiger charge is 2.12. The summed E-state index contributed by atoms with van der Waals surface area (Å²) in [6.07, 6.45) is 2.65. The Labute approximate surface area is 171 Å². The summed E-state index contributed by atoms with van der Waals surface area (Å²) in [6.45, 7) is 2.19. The van der Waals surface area contributed by atoms with Crippen LogP contribution in [0.2, 0.25) is 5.02 Å². The summed E-state index contributed by atoms with van der Waals surface area (Å²) < 4.78 is 15.5. The third-order valence-electron chi connectivity index (χ3n) is 4.35. The van der Waals surface area contributed by atoms with E-state index in [9.17, 15) is 14.4 Å². The van der Waals surface area contributed by atoms with E-state index >= 15 is 0 Å². The molecule has 0 aliphatic carbocycles. The number of fused-ring (bicyclic) bond motifs is 1. The topological polar surface area (TPSA) is 98.7 Å². The maximum Gasteiger partial charge on any atom is 0.336 e. The Morgan fingerprint density at radius 3 is 2.76 bits per heavy atom. The molecule has 0 aliphatic rings. The number of carbonyl (C=O) groups is 2. The van der Waals surface area contributed by atoms with Crippen molar-refractivity contribution in [1.29, 1.82) is 0 Å². The second kappa shape index (κ2) is 9.43. The highest BCUT2D eigenvalue weighted by atomic mass is 35.5. The maximum atomic E-state index is 12.0. The molecule has 7 nitrogen and oxygen atoms in total. The molecular formula is C21H20ClNO6. The van der Waals surface area contributed by atoms with Crippen molar-refractivity contribution in [1.82, 2.24) is 5.32 Å². The molecule has 0 aliphatic heterocycles. The van der Waals surface area contributed by atoms with Gasteiger partial charge in [0.1, 0.15) is 12.2 Å². The number of aryl methyl sites for hydroxylation is 1. The lowest BCUT2D eigenvalue weighted by Gasteiger charge is -2.09. The van der Waals surface area contributed by atoms with Crippen LogP contribution in [-0.4, -0.2) is 18.4 Å². The monoisotopic (exact) mass is 417 g/mol. The number of benzene rings is 1. The molecule has 152 valence electrons. The predicted molar refractivity (Wildman–Crippen MR) is 107 cm³/mol. The predicted octanol–water partition coefficient (Wildman–Crippen LogP) is 3.86. The van der Waals surface area contributed by atoms with Gasteiger partial charge in [-0.05, 0) is 42.7 Å². The van der Waals surface area contributed by atoms with E-state index in [1.807, 2.05) is 6.92 Å². The summed E-state index contributed by atoms with van der Waals surface area (Å²) in [4.78, 5) is 35.5. The zero-order valence-corrected chi connectivity index (χ0v) is 16.6. The van der Waals surface area contributed by atoms with E-state index in [4.69, 9.17) is 25.2 Å². The van der Waals surface area contributed by atoms with Crippen molar-refractivity contribution < 1.29 is 23.2 Å². The van der Waals surface area contributed by atoms with Crippen molar-refractivity contribution >= 4 is 34.4 Å². The van der Waals surface area contributed by atoms with Gasteiger partial charge in [-0.1, -0.05) is 18.5 Å². The summed E-state index contributed by atoms with van der Waals surface area (Å²) in [6, 6.07) is 7.91. The summed E-state index contributed by atoms with van der Waals surface area (Å²) in [7, 11) is 0. The Morgan fingerprint density at radius 2 is 2.03 bits per heavy atom. The SMILES string of the molecule is CCc1cc2oc(=O)cc(COC(=O)CCCNC(=O)c3ccco3)c2cc1Cl. The van der Waals surface area contributed by atoms with Gasteiger partial charge in [0.05, 0.1) is 6.26 Å². The zero-order chi connectivity index (χ0) is 20.8. The minimum Gasteiger partial charge on any atom is -0.461 e. The quantitative estimate of drug-likeness (QED) is 0.339. The summed E-state index contributed by atoms with van der Waals surface area (Å²) in [5, 5.41) is 3.85. The zero-order valence-electron chi connectivity index (χ0n) is 15.8. The summed E-state index contributed by atoms with van der Waals surface area (Å²) >= 11 is 6.26. The average Bonchev–Trinajstić information content (AvgIpc) is 3.24. The molecule has 3 aromatic rings. The van der Waals surface area contributed by atoms with E-state index in [1.54, 1.807) is 24.3 Å². The van der Waals surface area contributed by atoms with Crippen molar-refractivity contribution in [2.45, 2.75) is 32.8 Å². The first kappa shape index (κ1) is 20.7. The number of nitrogens with one attached hydrogen (secondary N) is 1. The van der Waals surface area contributed by atoms with E-state index < -0.39 is 11.6 Å². The fourth-order valence-corrected chi connectivity index (χ4v) is 3.14. The summed E-state index contributed by atoms with van der Waals surface area (Å²) in [5.41, 5.74) is 1.28. The van der Waals surface area contributed by atoms with Gasteiger partial charge in [-0.3, -0.25) is 9.59 Å². The Balaban J connectivity index is 1.54. The normalized spacial score (nSPS) is 10.8. The van der Waals surface area contributed by atoms with Gasteiger partial charge < -0.3 is 18.9 Å². The molecule has 2 heterocycles. The number of ether oxygens (including phenoxy) is 1. The van der Waals surface area contributed by atoms with Gasteiger partial charge >= 0.3 is 11.6 Å². The standard InChI is InChI=1S/C21H20ClNO6/c1-2-13-9-18-15(11-16(13)22)14(10-20(25)29-18)12-28-19(24)6-3-7-23-21(26)17-5-4-8-27-17/h4-5,8-11H,2-3,6-7,12H2,1H3,(H,23,26). The smallest absolute Gasteiger partial charge is 0.336 e. The number of hydrogen-bond acceptors (Lipinski definition) is 6. The van der Waals surface area contributed by atoms with Gasteiger partial charge in [-0.25, -0.2) is 4.79 Å². The molecule has 0 bridgehead atoms. The first-order valence-corrected chi connectivity index (χ1v) is 9.58. The van der Waals surface area contributed by atoms with E-state index in [0.29, 0.717) is 40.9 Å². The van der Waals surface area contributed by atoms with Crippen LogP contribution in [0.1, 0.15) is 41.4 Å². The Hall–Kier alpha value is -3.06. The number of furan rings is 1. The Morgan fingerprint density at radius 1 is 1.21 bits per heavy atom. The van der Waals surface area contributed by atoms with E-state index in [2.05, 4.69) is 5.32 Å². The van der Waals surface area contributed by atoms with E-state index in [1.165, 1.54) is 12.3 Å². The van der Waals surface area contributed by atoms with Crippen LogP contribution in [0.3, 0.4) is 0 Å². The number of hydrogen-bond donors (Lipinski definition) is 1. The largest absolute Gasteiger partial charge is 0.461 e. The number of esters is 1. The molecule has 0 spiro atoms. The summed E-state index contributed by atoms with van der Waals surface area (Å²) in [5.74, 6) is -0.559. The van der Waals surface area contributed by atoms with E-state index in [-0.39, 0.29) is 24.7 Å². The fraction of sp³-hybridized carbons (Fsp3) is 0.286. The molecule has 3 rings (SSSR count). The van der Waals surface area contributed by atoms with Crippen LogP contribution in [-0.2, 0) is 22.6 Å². The van der Waals surface area contributed by atoms with Crippen molar-refractivity contribution in [3.63, 3.8) is 0 Å². The maximum absolute atomic E-state index is 12.0. The number of carbonyl (C=O) groups excluding carboxylic acids is 2. The van der Waals surface area contributed by atoms with Crippen LogP contribution in [0.4, 0.5) is 0 Å². The van der Waals surface area contributed by atoms with Crippen molar-refractivity contribution in [2.24, 2.45) is 0 Å². The molecule has 29 heavy (non-hydrogen) atoms. The van der Waals surface area contributed by atoms with Crippen LogP contribution in [0.15, 0.2) is 50.2 Å². The highest BCUT2D eigenvalue weighted by molar-refractivity contribution is 6.32. The number of rotatable bonds is 8. The van der Waals surface area contributed by atoms with Gasteiger partial charge in [-0.15, -0.1) is 0 Å². The lowest BCUT2D eigenvalue weighted by molar-refractivity contribution is -0.145. The molecule has 0 radical (unpaired) electrons. The molecule has 0 saturated carbocycles. The molecule has 0 fully saturated rings. The second-order valence-electron chi connectivity index (χ2n) is 6.38. The minimum atomic E-state index is -0.520. The fourth-order valence-electron chi connectivity index (χ4n) is 2.84. The van der Waals surface area contributed by atoms with Crippen LogP contribution in [0.5, 0.6) is 0 Å². The number of amides is 1. The second-order valence-corrected chi connectivity index (χ2v) is 6.79. The molecule has 8 heteroatoms. The van der Waals surface area contributed by atoms with Gasteiger partial charge in [-0.2, -0.15) is 0 Å². The van der Waals surface area contributed by atoms with Crippen molar-refractivity contribution in [2.75, 3.05) is 6.54 Å². The van der Waals surface area contributed by atoms with Crippen molar-refractivity contribution in [3.05, 3.63) is 68.9 Å². The first-order chi connectivity index (χ1) is 14.0. The third kappa shape index (κ3) is 5.26. The van der Waals surface area contributed by atoms with Crippen LogP contribution >= 0.6 is 11.6 Å². The van der Waals surface area contributed by atoms with Crippen LogP contribution in [0, 0.1) is 0 Å².